The fourth-order valence-corrected chi connectivity index (χ4v) is 2.17. The van der Waals surface area contributed by atoms with Crippen molar-refractivity contribution < 1.29 is 9.53 Å². The molecule has 1 aliphatic heterocycles. The summed E-state index contributed by atoms with van der Waals surface area (Å²) in [6, 6.07) is 0.174. The summed E-state index contributed by atoms with van der Waals surface area (Å²) in [4.78, 5) is 14.6. The van der Waals surface area contributed by atoms with Crippen LogP contribution in [-0.4, -0.2) is 41.1 Å². The van der Waals surface area contributed by atoms with Crippen LogP contribution >= 0.6 is 12.2 Å². The van der Waals surface area contributed by atoms with Crippen molar-refractivity contribution in [1.82, 2.24) is 4.90 Å². The molecule has 0 spiro atoms. The molecule has 0 aromatic carbocycles. The molecular weight excluding hydrogens is 236 g/mol. The predicted octanol–water partition coefficient (Wildman–Crippen LogP) is 1.32. The number of carbonyl (C=O) groups is 1. The predicted molar refractivity (Wildman–Crippen MR) is 71.8 cm³/mol. The van der Waals surface area contributed by atoms with Crippen molar-refractivity contribution in [3.63, 3.8) is 0 Å². The minimum atomic E-state index is -0.00116. The van der Waals surface area contributed by atoms with E-state index < -0.39 is 0 Å². The minimum absolute atomic E-state index is 0.00116. The Morgan fingerprint density at radius 1 is 1.59 bits per heavy atom. The molecule has 1 heterocycles. The zero-order chi connectivity index (χ0) is 13.0. The smallest absolute Gasteiger partial charge is 0.228 e. The van der Waals surface area contributed by atoms with Gasteiger partial charge in [-0.3, -0.25) is 4.79 Å². The maximum Gasteiger partial charge on any atom is 0.228 e. The maximum atomic E-state index is 12.3. The highest BCUT2D eigenvalue weighted by Crippen LogP contribution is 2.22. The maximum absolute atomic E-state index is 12.3. The zero-order valence-corrected chi connectivity index (χ0v) is 11.6. The summed E-state index contributed by atoms with van der Waals surface area (Å²) in [5.41, 5.74) is 5.49. The molecule has 1 aliphatic rings. The van der Waals surface area contributed by atoms with Gasteiger partial charge in [0.25, 0.3) is 0 Å². The van der Waals surface area contributed by atoms with Crippen LogP contribution in [0.2, 0.25) is 0 Å². The number of hydrogen-bond donors (Lipinski definition) is 1. The van der Waals surface area contributed by atoms with Crippen molar-refractivity contribution in [3.8, 4) is 0 Å². The van der Waals surface area contributed by atoms with Crippen molar-refractivity contribution in [2.45, 2.75) is 45.8 Å². The first-order chi connectivity index (χ1) is 7.91. The molecule has 2 atom stereocenters. The molecule has 4 nitrogen and oxygen atoms in total. The Bertz CT molecular complexity index is 294. The van der Waals surface area contributed by atoms with E-state index in [-0.39, 0.29) is 24.0 Å². The second kappa shape index (κ2) is 6.31. The molecule has 1 rings (SSSR count). The zero-order valence-electron chi connectivity index (χ0n) is 10.8. The monoisotopic (exact) mass is 258 g/mol. The van der Waals surface area contributed by atoms with Crippen LogP contribution in [0, 0.1) is 5.92 Å². The molecule has 0 aromatic rings. The number of amides is 1. The van der Waals surface area contributed by atoms with Gasteiger partial charge < -0.3 is 15.4 Å². The average Bonchev–Trinajstić information content (AvgIpc) is 2.63. The van der Waals surface area contributed by atoms with Gasteiger partial charge in [-0.2, -0.15) is 0 Å². The van der Waals surface area contributed by atoms with Crippen LogP contribution in [-0.2, 0) is 9.53 Å². The van der Waals surface area contributed by atoms with E-state index in [4.69, 9.17) is 22.7 Å². The molecule has 98 valence electrons. The van der Waals surface area contributed by atoms with Crippen LogP contribution in [0.3, 0.4) is 0 Å². The van der Waals surface area contributed by atoms with Crippen LogP contribution in [0.1, 0.15) is 33.6 Å². The quantitative estimate of drug-likeness (QED) is 0.756. The molecule has 5 heteroatoms. The standard InChI is InChI=1S/C12H22N2O2S/c1-8(2)14(5-4-11(13)17)12(15)10-6-9(3)16-7-10/h8-10H,4-7H2,1-3H3,(H2,13,17). The molecule has 0 aliphatic carbocycles. The fourth-order valence-electron chi connectivity index (χ4n) is 2.08. The number of ether oxygens (including phenoxy) is 1. The van der Waals surface area contributed by atoms with Gasteiger partial charge in [0, 0.05) is 19.0 Å². The van der Waals surface area contributed by atoms with E-state index >= 15 is 0 Å². The van der Waals surface area contributed by atoms with E-state index in [0.717, 1.165) is 6.42 Å². The number of carbonyl (C=O) groups excluding carboxylic acids is 1. The third-order valence-corrected chi connectivity index (χ3v) is 3.26. The van der Waals surface area contributed by atoms with Crippen LogP contribution < -0.4 is 5.73 Å². The van der Waals surface area contributed by atoms with E-state index in [1.807, 2.05) is 25.7 Å². The third-order valence-electron chi connectivity index (χ3n) is 3.05. The number of hydrogen-bond acceptors (Lipinski definition) is 3. The molecule has 2 unspecified atom stereocenters. The Labute approximate surface area is 108 Å². The summed E-state index contributed by atoms with van der Waals surface area (Å²) in [6.07, 6.45) is 1.59. The molecular formula is C12H22N2O2S. The summed E-state index contributed by atoms with van der Waals surface area (Å²) in [5, 5.41) is 0. The van der Waals surface area contributed by atoms with Gasteiger partial charge in [0.05, 0.1) is 23.6 Å². The van der Waals surface area contributed by atoms with E-state index in [1.165, 1.54) is 0 Å². The summed E-state index contributed by atoms with van der Waals surface area (Å²) in [6.45, 7) is 7.17. The van der Waals surface area contributed by atoms with Gasteiger partial charge in [0.15, 0.2) is 0 Å². The number of nitrogens with two attached hydrogens (primary N) is 1. The van der Waals surface area contributed by atoms with Gasteiger partial charge >= 0.3 is 0 Å². The van der Waals surface area contributed by atoms with E-state index in [1.54, 1.807) is 0 Å². The van der Waals surface area contributed by atoms with Crippen LogP contribution in [0.25, 0.3) is 0 Å². The van der Waals surface area contributed by atoms with Crippen LogP contribution in [0.15, 0.2) is 0 Å². The Morgan fingerprint density at radius 2 is 2.24 bits per heavy atom. The molecule has 17 heavy (non-hydrogen) atoms. The Hall–Kier alpha value is -0.680. The van der Waals surface area contributed by atoms with Crippen LogP contribution in [0.5, 0.6) is 0 Å². The van der Waals surface area contributed by atoms with Crippen molar-refractivity contribution in [3.05, 3.63) is 0 Å². The van der Waals surface area contributed by atoms with Gasteiger partial charge in [0.2, 0.25) is 5.91 Å². The normalized spacial score (nSPS) is 24.0. The van der Waals surface area contributed by atoms with E-state index in [0.29, 0.717) is 24.6 Å². The van der Waals surface area contributed by atoms with Gasteiger partial charge in [0.1, 0.15) is 0 Å². The average molecular weight is 258 g/mol. The molecule has 2 N–H and O–H groups in total. The third kappa shape index (κ3) is 4.24. The molecule has 1 amide bonds. The van der Waals surface area contributed by atoms with Gasteiger partial charge in [-0.1, -0.05) is 12.2 Å². The van der Waals surface area contributed by atoms with E-state index in [2.05, 4.69) is 0 Å². The lowest BCUT2D eigenvalue weighted by Gasteiger charge is -2.28. The van der Waals surface area contributed by atoms with Crippen molar-refractivity contribution in [1.29, 1.82) is 0 Å². The fraction of sp³-hybridized carbons (Fsp3) is 0.833. The Morgan fingerprint density at radius 3 is 2.65 bits per heavy atom. The van der Waals surface area contributed by atoms with Crippen molar-refractivity contribution in [2.24, 2.45) is 11.7 Å². The minimum Gasteiger partial charge on any atom is -0.393 e. The Balaban J connectivity index is 2.57. The molecule has 0 bridgehead atoms. The van der Waals surface area contributed by atoms with Crippen molar-refractivity contribution >= 4 is 23.1 Å². The number of rotatable bonds is 5. The molecule has 1 fully saturated rings. The van der Waals surface area contributed by atoms with Gasteiger partial charge in [-0.05, 0) is 27.2 Å². The highest BCUT2D eigenvalue weighted by Gasteiger charge is 2.32. The first-order valence-corrected chi connectivity index (χ1v) is 6.53. The highest BCUT2D eigenvalue weighted by atomic mass is 32.1. The Kier molecular flexibility index (Phi) is 5.33. The summed E-state index contributed by atoms with van der Waals surface area (Å²) in [7, 11) is 0. The lowest BCUT2D eigenvalue weighted by atomic mass is 10.0. The summed E-state index contributed by atoms with van der Waals surface area (Å²) >= 11 is 4.86. The summed E-state index contributed by atoms with van der Waals surface area (Å²) < 4.78 is 5.44. The highest BCUT2D eigenvalue weighted by molar-refractivity contribution is 7.80. The SMILES string of the molecule is CC1CC(C(=O)N(CCC(N)=S)C(C)C)CO1. The molecule has 0 saturated carbocycles. The summed E-state index contributed by atoms with van der Waals surface area (Å²) in [5.74, 6) is 0.166. The number of nitrogens with zero attached hydrogens (tertiary/aromatic N) is 1. The van der Waals surface area contributed by atoms with Crippen LogP contribution in [0.4, 0.5) is 0 Å². The largest absolute Gasteiger partial charge is 0.393 e. The second-order valence-electron chi connectivity index (χ2n) is 4.92. The first kappa shape index (κ1) is 14.4. The topological polar surface area (TPSA) is 55.6 Å². The van der Waals surface area contributed by atoms with Crippen molar-refractivity contribution in [2.75, 3.05) is 13.2 Å². The second-order valence-corrected chi connectivity index (χ2v) is 5.44. The molecule has 1 saturated heterocycles. The number of thiocarbonyl (C=S) groups is 1. The lowest BCUT2D eigenvalue weighted by molar-refractivity contribution is -0.137. The molecule has 0 aromatic heterocycles. The van der Waals surface area contributed by atoms with Gasteiger partial charge in [-0.25, -0.2) is 0 Å². The molecule has 0 radical (unpaired) electrons. The lowest BCUT2D eigenvalue weighted by Crippen LogP contribution is -2.42. The first-order valence-electron chi connectivity index (χ1n) is 6.12. The van der Waals surface area contributed by atoms with Gasteiger partial charge in [-0.15, -0.1) is 0 Å². The van der Waals surface area contributed by atoms with E-state index in [9.17, 15) is 4.79 Å².